The van der Waals surface area contributed by atoms with Crippen LogP contribution >= 0.6 is 0 Å². The van der Waals surface area contributed by atoms with E-state index in [1.165, 1.54) is 16.4 Å². The van der Waals surface area contributed by atoms with E-state index in [-0.39, 0.29) is 10.8 Å². The third-order valence-electron chi connectivity index (χ3n) is 4.86. The largest absolute Gasteiger partial charge is 0.339 e. The lowest BCUT2D eigenvalue weighted by atomic mass is 10.2. The quantitative estimate of drug-likeness (QED) is 0.726. The summed E-state index contributed by atoms with van der Waals surface area (Å²) in [5, 5.41) is 0. The molecule has 0 aliphatic carbocycles. The number of aromatic nitrogens is 2. The van der Waals surface area contributed by atoms with Crippen molar-refractivity contribution in [3.05, 3.63) is 48.3 Å². The number of carbonyl (C=O) groups excluding carboxylic acids is 1. The predicted molar refractivity (Wildman–Crippen MR) is 107 cm³/mol. The topological polar surface area (TPSA) is 86.7 Å². The minimum atomic E-state index is -3.60. The van der Waals surface area contributed by atoms with Gasteiger partial charge < -0.3 is 9.80 Å². The Morgan fingerprint density at radius 1 is 1.00 bits per heavy atom. The zero-order chi connectivity index (χ0) is 20.1. The van der Waals surface area contributed by atoms with Crippen LogP contribution in [0.5, 0.6) is 0 Å². The van der Waals surface area contributed by atoms with Crippen molar-refractivity contribution in [2.24, 2.45) is 0 Å². The Labute approximate surface area is 165 Å². The number of anilines is 1. The van der Waals surface area contributed by atoms with Crippen LogP contribution in [0, 0.1) is 0 Å². The van der Waals surface area contributed by atoms with Crippen molar-refractivity contribution in [2.75, 3.05) is 44.2 Å². The van der Waals surface area contributed by atoms with Gasteiger partial charge >= 0.3 is 0 Å². The van der Waals surface area contributed by atoms with Crippen LogP contribution in [0.25, 0.3) is 0 Å². The monoisotopic (exact) mass is 403 g/mol. The van der Waals surface area contributed by atoms with E-state index in [4.69, 9.17) is 0 Å². The Kier molecular flexibility index (Phi) is 6.25. The highest BCUT2D eigenvalue weighted by Gasteiger charge is 2.29. The molecule has 28 heavy (non-hydrogen) atoms. The number of sulfonamides is 1. The lowest BCUT2D eigenvalue weighted by Crippen LogP contribution is -2.49. The highest BCUT2D eigenvalue weighted by atomic mass is 32.2. The molecule has 0 radical (unpaired) electrons. The van der Waals surface area contributed by atoms with Gasteiger partial charge in [-0.1, -0.05) is 0 Å². The second-order valence-electron chi connectivity index (χ2n) is 6.44. The number of hydrogen-bond donors (Lipinski definition) is 0. The molecule has 1 amide bonds. The smallest absolute Gasteiger partial charge is 0.253 e. The molecule has 1 saturated heterocycles. The second-order valence-corrected chi connectivity index (χ2v) is 8.38. The molecule has 2 heterocycles. The van der Waals surface area contributed by atoms with Crippen LogP contribution in [0.15, 0.2) is 47.6 Å². The van der Waals surface area contributed by atoms with Gasteiger partial charge in [0.2, 0.25) is 16.0 Å². The van der Waals surface area contributed by atoms with Crippen molar-refractivity contribution in [2.45, 2.75) is 18.7 Å². The maximum Gasteiger partial charge on any atom is 0.253 e. The summed E-state index contributed by atoms with van der Waals surface area (Å²) in [4.78, 5) is 24.7. The van der Waals surface area contributed by atoms with Gasteiger partial charge in [-0.3, -0.25) is 4.79 Å². The molecule has 1 aromatic carbocycles. The average Bonchev–Trinajstić information content (AvgIpc) is 2.75. The van der Waals surface area contributed by atoms with Gasteiger partial charge in [0, 0.05) is 57.2 Å². The number of benzene rings is 1. The van der Waals surface area contributed by atoms with Crippen LogP contribution in [0.1, 0.15) is 24.2 Å². The van der Waals surface area contributed by atoms with E-state index < -0.39 is 10.0 Å². The summed E-state index contributed by atoms with van der Waals surface area (Å²) in [6.07, 6.45) is 3.35. The summed E-state index contributed by atoms with van der Waals surface area (Å²) in [6.45, 7) is 6.85. The van der Waals surface area contributed by atoms with Crippen LogP contribution < -0.4 is 4.90 Å². The molecule has 1 aromatic heterocycles. The zero-order valence-corrected chi connectivity index (χ0v) is 17.0. The molecule has 0 bridgehead atoms. The van der Waals surface area contributed by atoms with E-state index in [2.05, 4.69) is 9.97 Å². The van der Waals surface area contributed by atoms with Crippen LogP contribution in [0.2, 0.25) is 0 Å². The number of rotatable bonds is 6. The molecule has 0 spiro atoms. The van der Waals surface area contributed by atoms with Gasteiger partial charge in [0.1, 0.15) is 0 Å². The van der Waals surface area contributed by atoms with E-state index in [0.717, 1.165) is 0 Å². The first kappa shape index (κ1) is 20.2. The van der Waals surface area contributed by atoms with Crippen molar-refractivity contribution in [1.82, 2.24) is 19.2 Å². The molecule has 1 fully saturated rings. The van der Waals surface area contributed by atoms with Crippen molar-refractivity contribution in [1.29, 1.82) is 0 Å². The van der Waals surface area contributed by atoms with Gasteiger partial charge in [0.15, 0.2) is 0 Å². The molecule has 3 rings (SSSR count). The summed E-state index contributed by atoms with van der Waals surface area (Å²) >= 11 is 0. The van der Waals surface area contributed by atoms with E-state index in [1.807, 2.05) is 18.7 Å². The number of hydrogen-bond acceptors (Lipinski definition) is 6. The van der Waals surface area contributed by atoms with Crippen molar-refractivity contribution in [3.8, 4) is 0 Å². The molecule has 0 saturated carbocycles. The lowest BCUT2D eigenvalue weighted by Gasteiger charge is -2.33. The van der Waals surface area contributed by atoms with Gasteiger partial charge in [-0.25, -0.2) is 18.4 Å². The molecule has 9 heteroatoms. The summed E-state index contributed by atoms with van der Waals surface area (Å²) < 4.78 is 27.3. The summed E-state index contributed by atoms with van der Waals surface area (Å²) in [7, 11) is -3.60. The fourth-order valence-corrected chi connectivity index (χ4v) is 4.62. The standard InChI is InChI=1S/C19H25N5O3S/c1-3-22(4-2)18(25)16-6-8-17(9-7-16)28(26,27)24-14-12-23(13-15-24)19-20-10-5-11-21-19/h5-11H,3-4,12-15H2,1-2H3. The minimum absolute atomic E-state index is 0.0922. The van der Waals surface area contributed by atoms with Crippen molar-refractivity contribution in [3.63, 3.8) is 0 Å². The fourth-order valence-electron chi connectivity index (χ4n) is 3.19. The molecule has 2 aromatic rings. The van der Waals surface area contributed by atoms with Crippen molar-refractivity contribution >= 4 is 21.9 Å². The van der Waals surface area contributed by atoms with Gasteiger partial charge in [-0.15, -0.1) is 0 Å². The first-order valence-electron chi connectivity index (χ1n) is 9.38. The van der Waals surface area contributed by atoms with Crippen LogP contribution in [0.3, 0.4) is 0 Å². The number of nitrogens with zero attached hydrogens (tertiary/aromatic N) is 5. The fraction of sp³-hybridized carbons (Fsp3) is 0.421. The van der Waals surface area contributed by atoms with Gasteiger partial charge in [-0.2, -0.15) is 4.31 Å². The minimum Gasteiger partial charge on any atom is -0.339 e. The maximum absolute atomic E-state index is 12.9. The zero-order valence-electron chi connectivity index (χ0n) is 16.2. The lowest BCUT2D eigenvalue weighted by molar-refractivity contribution is 0.0773. The number of piperazine rings is 1. The Balaban J connectivity index is 1.69. The van der Waals surface area contributed by atoms with E-state index in [9.17, 15) is 13.2 Å². The predicted octanol–water partition coefficient (Wildman–Crippen LogP) is 1.47. The van der Waals surface area contributed by atoms with Crippen molar-refractivity contribution < 1.29 is 13.2 Å². The van der Waals surface area contributed by atoms with Gasteiger partial charge in [0.05, 0.1) is 4.90 Å². The number of amides is 1. The molecule has 150 valence electrons. The summed E-state index contributed by atoms with van der Waals surface area (Å²) in [5.74, 6) is 0.518. The molecule has 0 N–H and O–H groups in total. The maximum atomic E-state index is 12.9. The third-order valence-corrected chi connectivity index (χ3v) is 6.78. The Bertz CT molecular complexity index is 891. The Morgan fingerprint density at radius 2 is 1.57 bits per heavy atom. The van der Waals surface area contributed by atoms with Gasteiger partial charge in [-0.05, 0) is 44.2 Å². The van der Waals surface area contributed by atoms with Crippen LogP contribution in [-0.2, 0) is 10.0 Å². The second kappa shape index (κ2) is 8.66. The van der Waals surface area contributed by atoms with E-state index in [1.54, 1.807) is 35.5 Å². The highest BCUT2D eigenvalue weighted by molar-refractivity contribution is 7.89. The highest BCUT2D eigenvalue weighted by Crippen LogP contribution is 2.20. The Morgan fingerprint density at radius 3 is 2.11 bits per heavy atom. The molecular formula is C19H25N5O3S. The summed E-state index contributed by atoms with van der Waals surface area (Å²) in [6, 6.07) is 7.94. The van der Waals surface area contributed by atoms with Crippen LogP contribution in [0.4, 0.5) is 5.95 Å². The molecule has 8 nitrogen and oxygen atoms in total. The molecule has 1 aliphatic heterocycles. The van der Waals surface area contributed by atoms with Crippen LogP contribution in [-0.4, -0.2) is 72.8 Å². The SMILES string of the molecule is CCN(CC)C(=O)c1ccc(S(=O)(=O)N2CCN(c3ncccn3)CC2)cc1. The summed E-state index contributed by atoms with van der Waals surface area (Å²) in [5.41, 5.74) is 0.494. The number of carbonyl (C=O) groups is 1. The normalized spacial score (nSPS) is 15.4. The van der Waals surface area contributed by atoms with E-state index >= 15 is 0 Å². The van der Waals surface area contributed by atoms with E-state index in [0.29, 0.717) is 50.8 Å². The molecule has 0 unspecified atom stereocenters. The first-order valence-corrected chi connectivity index (χ1v) is 10.8. The molecule has 1 aliphatic rings. The Hall–Kier alpha value is -2.52. The average molecular weight is 404 g/mol. The first-order chi connectivity index (χ1) is 13.5. The third kappa shape index (κ3) is 4.15. The molecule has 0 atom stereocenters. The molecular weight excluding hydrogens is 378 g/mol. The van der Waals surface area contributed by atoms with Gasteiger partial charge in [0.25, 0.3) is 5.91 Å².